The summed E-state index contributed by atoms with van der Waals surface area (Å²) < 4.78 is 30.5. The van der Waals surface area contributed by atoms with E-state index < -0.39 is 28.0 Å². The quantitative estimate of drug-likeness (QED) is 0.724. The van der Waals surface area contributed by atoms with E-state index in [-0.39, 0.29) is 11.3 Å². The molecule has 140 valence electrons. The van der Waals surface area contributed by atoms with Gasteiger partial charge < -0.3 is 10.1 Å². The number of carbonyl (C=O) groups is 2. The fraction of sp³-hybridized carbons (Fsp3) is 0.294. The minimum Gasteiger partial charge on any atom is -0.452 e. The number of rotatable bonds is 7. The van der Waals surface area contributed by atoms with Gasteiger partial charge in [0.1, 0.15) is 0 Å². The SMILES string of the molecule is C[C@@H](OC(=O)Cc1ccsc1)C(=O)Nc1cccc(S(=O)(=O)N(C)C)c1. The summed E-state index contributed by atoms with van der Waals surface area (Å²) in [7, 11) is -0.753. The number of thiophene rings is 1. The number of hydrogen-bond donors (Lipinski definition) is 1. The van der Waals surface area contributed by atoms with Crippen molar-refractivity contribution in [2.24, 2.45) is 0 Å². The van der Waals surface area contributed by atoms with Crippen LogP contribution in [-0.4, -0.2) is 44.8 Å². The van der Waals surface area contributed by atoms with Crippen LogP contribution in [-0.2, 0) is 30.8 Å². The van der Waals surface area contributed by atoms with E-state index in [1.54, 1.807) is 6.07 Å². The van der Waals surface area contributed by atoms with Crippen molar-refractivity contribution >= 4 is 38.9 Å². The van der Waals surface area contributed by atoms with Gasteiger partial charge in [0.25, 0.3) is 5.91 Å². The highest BCUT2D eigenvalue weighted by molar-refractivity contribution is 7.89. The molecule has 7 nitrogen and oxygen atoms in total. The average molecular weight is 396 g/mol. The largest absolute Gasteiger partial charge is 0.452 e. The molecule has 0 aliphatic heterocycles. The molecule has 2 aromatic rings. The van der Waals surface area contributed by atoms with E-state index in [2.05, 4.69) is 5.32 Å². The standard InChI is InChI=1S/C17H20N2O5S2/c1-12(24-16(20)9-13-7-8-25-11-13)17(21)18-14-5-4-6-15(10-14)26(22,23)19(2)3/h4-8,10-12H,9H2,1-3H3,(H,18,21)/t12-/m1/s1. The number of nitrogens with zero attached hydrogens (tertiary/aromatic N) is 1. The summed E-state index contributed by atoms with van der Waals surface area (Å²) in [6, 6.07) is 7.70. The van der Waals surface area contributed by atoms with Gasteiger partial charge >= 0.3 is 5.97 Å². The zero-order valence-electron chi connectivity index (χ0n) is 14.6. The molecule has 0 radical (unpaired) electrons. The van der Waals surface area contributed by atoms with Gasteiger partial charge in [0.2, 0.25) is 10.0 Å². The van der Waals surface area contributed by atoms with E-state index in [9.17, 15) is 18.0 Å². The molecule has 1 atom stereocenters. The van der Waals surface area contributed by atoms with Crippen molar-refractivity contribution in [1.82, 2.24) is 4.31 Å². The van der Waals surface area contributed by atoms with Crippen molar-refractivity contribution in [2.75, 3.05) is 19.4 Å². The maximum atomic E-state index is 12.2. The molecule has 1 N–H and O–H groups in total. The van der Waals surface area contributed by atoms with Crippen molar-refractivity contribution < 1.29 is 22.7 Å². The second-order valence-corrected chi connectivity index (χ2v) is 8.68. The van der Waals surface area contributed by atoms with E-state index in [4.69, 9.17) is 4.74 Å². The summed E-state index contributed by atoms with van der Waals surface area (Å²) in [5.41, 5.74) is 1.13. The minimum atomic E-state index is -3.61. The van der Waals surface area contributed by atoms with Crippen LogP contribution < -0.4 is 5.32 Å². The molecule has 1 aromatic heterocycles. The Bertz CT molecular complexity index is 876. The molecular formula is C17H20N2O5S2. The molecule has 26 heavy (non-hydrogen) atoms. The second kappa shape index (κ2) is 8.43. The topological polar surface area (TPSA) is 92.8 Å². The zero-order chi connectivity index (χ0) is 19.3. The lowest BCUT2D eigenvalue weighted by atomic mass is 10.2. The lowest BCUT2D eigenvalue weighted by Gasteiger charge is -2.15. The lowest BCUT2D eigenvalue weighted by Crippen LogP contribution is -2.30. The third-order valence-electron chi connectivity index (χ3n) is 3.49. The zero-order valence-corrected chi connectivity index (χ0v) is 16.3. The Morgan fingerprint density at radius 2 is 2.00 bits per heavy atom. The van der Waals surface area contributed by atoms with Gasteiger partial charge in [-0.05, 0) is 47.5 Å². The summed E-state index contributed by atoms with van der Waals surface area (Å²) in [5, 5.41) is 6.25. The summed E-state index contributed by atoms with van der Waals surface area (Å²) >= 11 is 1.47. The van der Waals surface area contributed by atoms with Crippen molar-refractivity contribution in [1.29, 1.82) is 0 Å². The van der Waals surface area contributed by atoms with E-state index >= 15 is 0 Å². The van der Waals surface area contributed by atoms with Crippen LogP contribution in [0.3, 0.4) is 0 Å². The first kappa shape index (κ1) is 20.1. The highest BCUT2D eigenvalue weighted by Gasteiger charge is 2.20. The molecule has 0 aliphatic carbocycles. The number of ether oxygens (including phenoxy) is 1. The smallest absolute Gasteiger partial charge is 0.311 e. The summed E-state index contributed by atoms with van der Waals surface area (Å²) in [5.74, 6) is -1.04. The van der Waals surface area contributed by atoms with Crippen molar-refractivity contribution in [2.45, 2.75) is 24.3 Å². The number of benzene rings is 1. The third kappa shape index (κ3) is 5.13. The molecule has 0 fully saturated rings. The average Bonchev–Trinajstić information content (AvgIpc) is 3.07. The number of nitrogens with one attached hydrogen (secondary N) is 1. The molecule has 0 aliphatic rings. The number of sulfonamides is 1. The van der Waals surface area contributed by atoms with E-state index in [1.165, 1.54) is 50.6 Å². The van der Waals surface area contributed by atoms with Gasteiger partial charge in [0, 0.05) is 19.8 Å². The number of carbonyl (C=O) groups excluding carboxylic acids is 2. The molecule has 1 aromatic carbocycles. The molecule has 1 heterocycles. The van der Waals surface area contributed by atoms with Gasteiger partial charge in [0.15, 0.2) is 6.10 Å². The monoisotopic (exact) mass is 396 g/mol. The van der Waals surface area contributed by atoms with E-state index in [1.807, 2.05) is 16.8 Å². The first-order valence-electron chi connectivity index (χ1n) is 7.74. The van der Waals surface area contributed by atoms with Crippen LogP contribution in [0.5, 0.6) is 0 Å². The maximum Gasteiger partial charge on any atom is 0.311 e. The van der Waals surface area contributed by atoms with Gasteiger partial charge in [-0.3, -0.25) is 9.59 Å². The van der Waals surface area contributed by atoms with Crippen LogP contribution in [0.1, 0.15) is 12.5 Å². The Labute approximate surface area is 156 Å². The number of anilines is 1. The molecule has 0 bridgehead atoms. The molecular weight excluding hydrogens is 376 g/mol. The molecule has 0 spiro atoms. The van der Waals surface area contributed by atoms with Crippen LogP contribution in [0.15, 0.2) is 46.0 Å². The van der Waals surface area contributed by atoms with Crippen LogP contribution in [0.25, 0.3) is 0 Å². The van der Waals surface area contributed by atoms with E-state index in [0.29, 0.717) is 5.69 Å². The van der Waals surface area contributed by atoms with Crippen molar-refractivity contribution in [3.8, 4) is 0 Å². The normalized spacial score (nSPS) is 12.6. The number of amides is 1. The number of esters is 1. The number of hydrogen-bond acceptors (Lipinski definition) is 6. The molecule has 2 rings (SSSR count). The van der Waals surface area contributed by atoms with Crippen LogP contribution >= 0.6 is 11.3 Å². The third-order valence-corrected chi connectivity index (χ3v) is 6.03. The molecule has 0 unspecified atom stereocenters. The Hall–Kier alpha value is -2.23. The Morgan fingerprint density at radius 3 is 2.62 bits per heavy atom. The summed E-state index contributed by atoms with van der Waals surface area (Å²) in [4.78, 5) is 24.1. The van der Waals surface area contributed by atoms with Crippen molar-refractivity contribution in [3.63, 3.8) is 0 Å². The Balaban J connectivity index is 1.99. The van der Waals surface area contributed by atoms with Crippen LogP contribution in [0.2, 0.25) is 0 Å². The highest BCUT2D eigenvalue weighted by atomic mass is 32.2. The first-order valence-corrected chi connectivity index (χ1v) is 10.1. The van der Waals surface area contributed by atoms with Gasteiger partial charge in [-0.2, -0.15) is 11.3 Å². The second-order valence-electron chi connectivity index (χ2n) is 5.74. The first-order chi connectivity index (χ1) is 12.2. The van der Waals surface area contributed by atoms with Gasteiger partial charge in [-0.15, -0.1) is 0 Å². The molecule has 1 amide bonds. The van der Waals surface area contributed by atoms with Crippen LogP contribution in [0.4, 0.5) is 5.69 Å². The fourth-order valence-corrected chi connectivity index (χ4v) is 3.66. The maximum absolute atomic E-state index is 12.2. The van der Waals surface area contributed by atoms with E-state index in [0.717, 1.165) is 9.87 Å². The molecule has 0 saturated carbocycles. The predicted molar refractivity (Wildman–Crippen MR) is 99.5 cm³/mol. The summed E-state index contributed by atoms with van der Waals surface area (Å²) in [6.07, 6.45) is -0.909. The summed E-state index contributed by atoms with van der Waals surface area (Å²) in [6.45, 7) is 1.46. The van der Waals surface area contributed by atoms with Gasteiger partial charge in [-0.1, -0.05) is 6.07 Å². The van der Waals surface area contributed by atoms with Gasteiger partial charge in [0.05, 0.1) is 11.3 Å². The highest BCUT2D eigenvalue weighted by Crippen LogP contribution is 2.18. The molecule has 0 saturated heterocycles. The predicted octanol–water partition coefficient (Wildman–Crippen LogP) is 2.11. The lowest BCUT2D eigenvalue weighted by molar-refractivity contribution is -0.152. The Kier molecular flexibility index (Phi) is 6.52. The van der Waals surface area contributed by atoms with Gasteiger partial charge in [-0.25, -0.2) is 12.7 Å². The minimum absolute atomic E-state index is 0.0578. The fourth-order valence-electron chi connectivity index (χ4n) is 2.04. The Morgan fingerprint density at radius 1 is 1.27 bits per heavy atom. The molecule has 9 heteroatoms. The van der Waals surface area contributed by atoms with Crippen LogP contribution in [0, 0.1) is 0 Å². The van der Waals surface area contributed by atoms with Crippen molar-refractivity contribution in [3.05, 3.63) is 46.7 Å².